The van der Waals surface area contributed by atoms with Gasteiger partial charge in [-0.05, 0) is 43.9 Å². The lowest BCUT2D eigenvalue weighted by Gasteiger charge is -2.15. The molecule has 0 heterocycles. The maximum Gasteiger partial charge on any atom is 0.338 e. The highest BCUT2D eigenvalue weighted by atomic mass is 16.5. The summed E-state index contributed by atoms with van der Waals surface area (Å²) < 4.78 is 5.42. The monoisotopic (exact) mass is 235 g/mol. The molecule has 3 nitrogen and oxygen atoms in total. The Hall–Kier alpha value is -1.51. The Labute approximate surface area is 103 Å². The first kappa shape index (κ1) is 13.6. The van der Waals surface area contributed by atoms with E-state index in [1.807, 2.05) is 33.8 Å². The average molecular weight is 235 g/mol. The van der Waals surface area contributed by atoms with Crippen LogP contribution in [0.5, 0.6) is 0 Å². The lowest BCUT2D eigenvalue weighted by molar-refractivity contribution is 0.0283. The van der Waals surface area contributed by atoms with Gasteiger partial charge in [0.2, 0.25) is 0 Å². The van der Waals surface area contributed by atoms with Crippen LogP contribution in [0, 0.1) is 13.8 Å². The topological polar surface area (TPSA) is 52.3 Å². The van der Waals surface area contributed by atoms with Crippen LogP contribution in [-0.4, -0.2) is 12.1 Å². The predicted molar refractivity (Wildman–Crippen MR) is 70.1 cm³/mol. The molecule has 1 rings (SSSR count). The fourth-order valence-electron chi connectivity index (χ4n) is 1.76. The largest absolute Gasteiger partial charge is 0.459 e. The summed E-state index contributed by atoms with van der Waals surface area (Å²) in [6.07, 6.45) is 1.66. The molecule has 17 heavy (non-hydrogen) atoms. The van der Waals surface area contributed by atoms with Crippen molar-refractivity contribution in [3.63, 3.8) is 0 Å². The number of benzene rings is 1. The van der Waals surface area contributed by atoms with Crippen LogP contribution < -0.4 is 5.73 Å². The molecule has 0 aliphatic rings. The van der Waals surface area contributed by atoms with Crippen molar-refractivity contribution in [3.8, 4) is 0 Å². The molecule has 0 atom stereocenters. The molecule has 0 unspecified atom stereocenters. The predicted octanol–water partition coefficient (Wildman–Crippen LogP) is 3.23. The number of ether oxygens (including phenoxy) is 1. The molecule has 0 saturated carbocycles. The average Bonchev–Trinajstić information content (AvgIpc) is 2.30. The maximum atomic E-state index is 12.0. The molecule has 3 heteroatoms. The Morgan fingerprint density at radius 3 is 2.35 bits per heavy atom. The Morgan fingerprint density at radius 2 is 1.82 bits per heavy atom. The van der Waals surface area contributed by atoms with Gasteiger partial charge in [0.1, 0.15) is 6.10 Å². The van der Waals surface area contributed by atoms with E-state index in [1.54, 1.807) is 6.07 Å². The summed E-state index contributed by atoms with van der Waals surface area (Å²) in [5.74, 6) is -0.275. The van der Waals surface area contributed by atoms with Crippen molar-refractivity contribution in [1.29, 1.82) is 0 Å². The molecule has 1 aromatic rings. The molecule has 0 amide bonds. The van der Waals surface area contributed by atoms with E-state index >= 15 is 0 Å². The van der Waals surface area contributed by atoms with E-state index in [0.29, 0.717) is 11.3 Å². The zero-order valence-corrected chi connectivity index (χ0v) is 11.0. The minimum atomic E-state index is -0.275. The lowest BCUT2D eigenvalue weighted by Crippen LogP contribution is -2.17. The first-order valence-corrected chi connectivity index (χ1v) is 6.07. The SMILES string of the molecule is CCC(CC)OC(=O)c1cc(N)c(C)cc1C. The molecule has 0 fully saturated rings. The Morgan fingerprint density at radius 1 is 1.24 bits per heavy atom. The molecule has 2 N–H and O–H groups in total. The van der Waals surface area contributed by atoms with E-state index in [1.165, 1.54) is 0 Å². The highest BCUT2D eigenvalue weighted by molar-refractivity contribution is 5.92. The fourth-order valence-corrected chi connectivity index (χ4v) is 1.76. The molecule has 0 bridgehead atoms. The summed E-state index contributed by atoms with van der Waals surface area (Å²) in [6, 6.07) is 3.62. The van der Waals surface area contributed by atoms with E-state index in [2.05, 4.69) is 0 Å². The molecule has 1 aromatic carbocycles. The first-order valence-electron chi connectivity index (χ1n) is 6.07. The van der Waals surface area contributed by atoms with Crippen molar-refractivity contribution in [1.82, 2.24) is 0 Å². The highest BCUT2D eigenvalue weighted by Crippen LogP contribution is 2.19. The third-order valence-electron chi connectivity index (χ3n) is 3.02. The molecule has 0 aliphatic carbocycles. The van der Waals surface area contributed by atoms with Gasteiger partial charge in [0.15, 0.2) is 0 Å². The van der Waals surface area contributed by atoms with Crippen LogP contribution in [0.2, 0.25) is 0 Å². The second-order valence-corrected chi connectivity index (χ2v) is 4.37. The van der Waals surface area contributed by atoms with E-state index in [-0.39, 0.29) is 12.1 Å². The van der Waals surface area contributed by atoms with Crippen molar-refractivity contribution >= 4 is 11.7 Å². The molecule has 94 valence electrons. The van der Waals surface area contributed by atoms with Gasteiger partial charge in [0.25, 0.3) is 0 Å². The maximum absolute atomic E-state index is 12.0. The van der Waals surface area contributed by atoms with Gasteiger partial charge < -0.3 is 10.5 Å². The van der Waals surface area contributed by atoms with Gasteiger partial charge in [-0.2, -0.15) is 0 Å². The third-order valence-corrected chi connectivity index (χ3v) is 3.02. The number of hydrogen-bond donors (Lipinski definition) is 1. The van der Waals surface area contributed by atoms with Crippen molar-refractivity contribution in [2.45, 2.75) is 46.6 Å². The number of esters is 1. The number of rotatable bonds is 4. The molecule has 0 radical (unpaired) electrons. The van der Waals surface area contributed by atoms with E-state index in [0.717, 1.165) is 24.0 Å². The number of nitrogen functional groups attached to an aromatic ring is 1. The smallest absolute Gasteiger partial charge is 0.338 e. The van der Waals surface area contributed by atoms with Gasteiger partial charge in [-0.15, -0.1) is 0 Å². The molecular weight excluding hydrogens is 214 g/mol. The van der Waals surface area contributed by atoms with Gasteiger partial charge in [0, 0.05) is 5.69 Å². The number of anilines is 1. The number of carbonyl (C=O) groups excluding carboxylic acids is 1. The quantitative estimate of drug-likeness (QED) is 0.644. The van der Waals surface area contributed by atoms with Crippen molar-refractivity contribution < 1.29 is 9.53 Å². The van der Waals surface area contributed by atoms with Crippen LogP contribution in [0.4, 0.5) is 5.69 Å². The van der Waals surface area contributed by atoms with Gasteiger partial charge >= 0.3 is 5.97 Å². The lowest BCUT2D eigenvalue weighted by atomic mass is 10.0. The molecule has 0 saturated heterocycles. The summed E-state index contributed by atoms with van der Waals surface area (Å²) in [6.45, 7) is 7.85. The molecule has 0 aromatic heterocycles. The summed E-state index contributed by atoms with van der Waals surface area (Å²) in [4.78, 5) is 12.0. The van der Waals surface area contributed by atoms with E-state index in [9.17, 15) is 4.79 Å². The van der Waals surface area contributed by atoms with Crippen LogP contribution in [0.25, 0.3) is 0 Å². The van der Waals surface area contributed by atoms with E-state index < -0.39 is 0 Å². The van der Waals surface area contributed by atoms with Crippen molar-refractivity contribution in [2.75, 3.05) is 5.73 Å². The Balaban J connectivity index is 2.93. The molecule has 0 spiro atoms. The Bertz CT molecular complexity index is 409. The van der Waals surface area contributed by atoms with Crippen molar-refractivity contribution in [3.05, 3.63) is 28.8 Å². The van der Waals surface area contributed by atoms with Gasteiger partial charge in [-0.1, -0.05) is 19.9 Å². The summed E-state index contributed by atoms with van der Waals surface area (Å²) in [5.41, 5.74) is 8.91. The van der Waals surface area contributed by atoms with Crippen LogP contribution in [-0.2, 0) is 4.74 Å². The number of hydrogen-bond acceptors (Lipinski definition) is 3. The third kappa shape index (κ3) is 3.22. The summed E-state index contributed by atoms with van der Waals surface area (Å²) in [5, 5.41) is 0. The Kier molecular flexibility index (Phi) is 4.55. The van der Waals surface area contributed by atoms with Crippen LogP contribution in [0.1, 0.15) is 48.2 Å². The van der Waals surface area contributed by atoms with Crippen LogP contribution >= 0.6 is 0 Å². The normalized spacial score (nSPS) is 10.6. The van der Waals surface area contributed by atoms with E-state index in [4.69, 9.17) is 10.5 Å². The van der Waals surface area contributed by atoms with Gasteiger partial charge in [-0.25, -0.2) is 4.79 Å². The molecule has 0 aliphatic heterocycles. The number of carbonyl (C=O) groups is 1. The molecular formula is C14H21NO2. The minimum absolute atomic E-state index is 0.00979. The standard InChI is InChI=1S/C14H21NO2/c1-5-11(6-2)17-14(16)12-8-13(15)10(4)7-9(12)3/h7-8,11H,5-6,15H2,1-4H3. The minimum Gasteiger partial charge on any atom is -0.459 e. The fraction of sp³-hybridized carbons (Fsp3) is 0.500. The van der Waals surface area contributed by atoms with Gasteiger partial charge in [-0.3, -0.25) is 0 Å². The van der Waals surface area contributed by atoms with Gasteiger partial charge in [0.05, 0.1) is 5.56 Å². The highest BCUT2D eigenvalue weighted by Gasteiger charge is 2.16. The van der Waals surface area contributed by atoms with Crippen LogP contribution in [0.3, 0.4) is 0 Å². The zero-order chi connectivity index (χ0) is 13.0. The number of nitrogens with two attached hydrogens (primary N) is 1. The summed E-state index contributed by atoms with van der Waals surface area (Å²) in [7, 11) is 0. The first-order chi connectivity index (χ1) is 7.99. The van der Waals surface area contributed by atoms with Crippen LogP contribution in [0.15, 0.2) is 12.1 Å². The second kappa shape index (κ2) is 5.71. The zero-order valence-electron chi connectivity index (χ0n) is 11.0. The summed E-state index contributed by atoms with van der Waals surface area (Å²) >= 11 is 0. The second-order valence-electron chi connectivity index (χ2n) is 4.37. The van der Waals surface area contributed by atoms with Crippen molar-refractivity contribution in [2.24, 2.45) is 0 Å². The number of aryl methyl sites for hydroxylation is 2.